The van der Waals surface area contributed by atoms with Gasteiger partial charge in [-0.2, -0.15) is 0 Å². The number of nitrogens with one attached hydrogen (secondary N) is 2. The quantitative estimate of drug-likeness (QED) is 0.673. The molecule has 112 valence electrons. The van der Waals surface area contributed by atoms with Crippen molar-refractivity contribution in [3.8, 4) is 5.75 Å². The van der Waals surface area contributed by atoms with E-state index in [1.165, 1.54) is 0 Å². The van der Waals surface area contributed by atoms with Crippen LogP contribution in [-0.4, -0.2) is 39.8 Å². The van der Waals surface area contributed by atoms with E-state index in [0.717, 1.165) is 17.7 Å². The Labute approximate surface area is 120 Å². The van der Waals surface area contributed by atoms with Gasteiger partial charge in [0.2, 0.25) is 0 Å². The minimum absolute atomic E-state index is 0.0148. The Hall–Kier alpha value is -1.59. The number of carbonyl (C=O) groups excluding carboxylic acids is 1. The fourth-order valence-electron chi connectivity index (χ4n) is 1.97. The highest BCUT2D eigenvalue weighted by Crippen LogP contribution is 2.26. The molecule has 0 aliphatic heterocycles. The summed E-state index contributed by atoms with van der Waals surface area (Å²) in [6.07, 6.45) is 0.955. The van der Waals surface area contributed by atoms with Crippen LogP contribution < -0.4 is 15.4 Å². The van der Waals surface area contributed by atoms with Gasteiger partial charge in [0.1, 0.15) is 5.75 Å². The van der Waals surface area contributed by atoms with E-state index >= 15 is 0 Å². The van der Waals surface area contributed by atoms with Crippen molar-refractivity contribution < 1.29 is 14.3 Å². The van der Waals surface area contributed by atoms with Crippen molar-refractivity contribution in [1.29, 1.82) is 0 Å². The smallest absolute Gasteiger partial charge is 0.258 e. The maximum Gasteiger partial charge on any atom is 0.258 e. The molecular weight excluding hydrogens is 256 g/mol. The molecule has 0 fully saturated rings. The maximum absolute atomic E-state index is 11.6. The molecule has 0 saturated carbocycles. The maximum atomic E-state index is 11.6. The first-order valence-corrected chi connectivity index (χ1v) is 6.87. The molecular formula is C15H24N2O3. The van der Waals surface area contributed by atoms with E-state index in [4.69, 9.17) is 9.47 Å². The minimum atomic E-state index is -0.144. The Balaban J connectivity index is 2.57. The molecule has 20 heavy (non-hydrogen) atoms. The zero-order chi connectivity index (χ0) is 14.8. The number of rotatable bonds is 9. The van der Waals surface area contributed by atoms with Crippen molar-refractivity contribution in [2.45, 2.75) is 19.4 Å². The highest BCUT2D eigenvalue weighted by Gasteiger charge is 2.13. The van der Waals surface area contributed by atoms with Crippen LogP contribution in [0.15, 0.2) is 24.3 Å². The van der Waals surface area contributed by atoms with Crippen molar-refractivity contribution in [2.24, 2.45) is 0 Å². The number of hydrogen-bond acceptors (Lipinski definition) is 4. The molecule has 1 unspecified atom stereocenters. The first-order chi connectivity index (χ1) is 9.72. The summed E-state index contributed by atoms with van der Waals surface area (Å²) in [6.45, 7) is 3.12. The van der Waals surface area contributed by atoms with Gasteiger partial charge in [-0.05, 0) is 19.5 Å². The van der Waals surface area contributed by atoms with Crippen LogP contribution >= 0.6 is 0 Å². The molecule has 0 aliphatic carbocycles. The normalized spacial score (nSPS) is 11.9. The standard InChI is InChI=1S/C15H24N2O3/c1-4-13(16-2)12-7-5-6-8-14(12)20-11-15(18)17-9-10-19-3/h5-8,13,16H,4,9-11H2,1-3H3,(H,17,18). The van der Waals surface area contributed by atoms with Gasteiger partial charge in [0, 0.05) is 25.3 Å². The lowest BCUT2D eigenvalue weighted by Crippen LogP contribution is -2.31. The Morgan fingerprint density at radius 2 is 2.10 bits per heavy atom. The third-order valence-corrected chi connectivity index (χ3v) is 3.04. The third kappa shape index (κ3) is 5.19. The van der Waals surface area contributed by atoms with E-state index in [2.05, 4.69) is 17.6 Å². The minimum Gasteiger partial charge on any atom is -0.483 e. The Kier molecular flexibility index (Phi) is 7.69. The van der Waals surface area contributed by atoms with Crippen LogP contribution in [0.3, 0.4) is 0 Å². The third-order valence-electron chi connectivity index (χ3n) is 3.04. The fourth-order valence-corrected chi connectivity index (χ4v) is 1.97. The van der Waals surface area contributed by atoms with Gasteiger partial charge in [0.05, 0.1) is 6.61 Å². The van der Waals surface area contributed by atoms with Gasteiger partial charge in [0.15, 0.2) is 6.61 Å². The molecule has 0 spiro atoms. The van der Waals surface area contributed by atoms with Crippen LogP contribution in [0.25, 0.3) is 0 Å². The van der Waals surface area contributed by atoms with Gasteiger partial charge in [-0.1, -0.05) is 25.1 Å². The van der Waals surface area contributed by atoms with Crippen LogP contribution in [0, 0.1) is 0 Å². The summed E-state index contributed by atoms with van der Waals surface area (Å²) in [4.78, 5) is 11.6. The second kappa shape index (κ2) is 9.34. The molecule has 1 amide bonds. The summed E-state index contributed by atoms with van der Waals surface area (Å²) in [6, 6.07) is 8.01. The lowest BCUT2D eigenvalue weighted by atomic mass is 10.0. The van der Waals surface area contributed by atoms with Crippen LogP contribution in [0.4, 0.5) is 0 Å². The van der Waals surface area contributed by atoms with Crippen molar-refractivity contribution in [1.82, 2.24) is 10.6 Å². The summed E-state index contributed by atoms with van der Waals surface area (Å²) in [5.74, 6) is 0.602. The molecule has 0 aromatic heterocycles. The summed E-state index contributed by atoms with van der Waals surface area (Å²) in [5, 5.41) is 5.97. The number of ether oxygens (including phenoxy) is 2. The molecule has 2 N–H and O–H groups in total. The fraction of sp³-hybridized carbons (Fsp3) is 0.533. The van der Waals surface area contributed by atoms with E-state index in [0.29, 0.717) is 13.2 Å². The highest BCUT2D eigenvalue weighted by molar-refractivity contribution is 5.77. The SMILES string of the molecule is CCC(NC)c1ccccc1OCC(=O)NCCOC. The molecule has 0 aliphatic rings. The molecule has 5 nitrogen and oxygen atoms in total. The van der Waals surface area contributed by atoms with Crippen LogP contribution in [0.1, 0.15) is 24.9 Å². The van der Waals surface area contributed by atoms with Gasteiger partial charge >= 0.3 is 0 Å². The van der Waals surface area contributed by atoms with Gasteiger partial charge in [-0.3, -0.25) is 4.79 Å². The van der Waals surface area contributed by atoms with Gasteiger partial charge in [-0.25, -0.2) is 0 Å². The first-order valence-electron chi connectivity index (χ1n) is 6.87. The van der Waals surface area contributed by atoms with Crippen LogP contribution in [0.5, 0.6) is 5.75 Å². The number of benzene rings is 1. The number of carbonyl (C=O) groups is 1. The van der Waals surface area contributed by atoms with Gasteiger partial charge < -0.3 is 20.1 Å². The second-order valence-corrected chi connectivity index (χ2v) is 4.42. The van der Waals surface area contributed by atoms with E-state index in [-0.39, 0.29) is 18.6 Å². The van der Waals surface area contributed by atoms with Crippen LogP contribution in [-0.2, 0) is 9.53 Å². The average Bonchev–Trinajstić information content (AvgIpc) is 2.48. The van der Waals surface area contributed by atoms with Gasteiger partial charge in [-0.15, -0.1) is 0 Å². The van der Waals surface area contributed by atoms with E-state index < -0.39 is 0 Å². The number of amides is 1. The lowest BCUT2D eigenvalue weighted by Gasteiger charge is -2.18. The van der Waals surface area contributed by atoms with Crippen LogP contribution in [0.2, 0.25) is 0 Å². The molecule has 1 rings (SSSR count). The Morgan fingerprint density at radius 1 is 1.35 bits per heavy atom. The molecule has 0 heterocycles. The number of para-hydroxylation sites is 1. The number of hydrogen-bond donors (Lipinski definition) is 2. The summed E-state index contributed by atoms with van der Waals surface area (Å²) in [7, 11) is 3.52. The average molecular weight is 280 g/mol. The first kappa shape index (κ1) is 16.5. The summed E-state index contributed by atoms with van der Waals surface area (Å²) in [5.41, 5.74) is 1.07. The van der Waals surface area contributed by atoms with E-state index in [1.54, 1.807) is 7.11 Å². The largest absolute Gasteiger partial charge is 0.483 e. The van der Waals surface area contributed by atoms with Crippen molar-refractivity contribution >= 4 is 5.91 Å². The molecule has 5 heteroatoms. The molecule has 1 aromatic rings. The van der Waals surface area contributed by atoms with Crippen molar-refractivity contribution in [3.63, 3.8) is 0 Å². The Bertz CT molecular complexity index is 406. The van der Waals surface area contributed by atoms with Crippen molar-refractivity contribution in [2.75, 3.05) is 33.9 Å². The summed E-state index contributed by atoms with van der Waals surface area (Å²) < 4.78 is 10.5. The molecule has 0 bridgehead atoms. The highest BCUT2D eigenvalue weighted by atomic mass is 16.5. The molecule has 0 radical (unpaired) electrons. The number of methoxy groups -OCH3 is 1. The van der Waals surface area contributed by atoms with E-state index in [1.807, 2.05) is 31.3 Å². The lowest BCUT2D eigenvalue weighted by molar-refractivity contribution is -0.123. The van der Waals surface area contributed by atoms with Crippen molar-refractivity contribution in [3.05, 3.63) is 29.8 Å². The molecule has 1 atom stereocenters. The molecule has 1 aromatic carbocycles. The zero-order valence-corrected chi connectivity index (χ0v) is 12.4. The topological polar surface area (TPSA) is 59.6 Å². The predicted molar refractivity (Wildman–Crippen MR) is 78.9 cm³/mol. The zero-order valence-electron chi connectivity index (χ0n) is 12.4. The second-order valence-electron chi connectivity index (χ2n) is 4.42. The monoisotopic (exact) mass is 280 g/mol. The van der Waals surface area contributed by atoms with E-state index in [9.17, 15) is 4.79 Å². The van der Waals surface area contributed by atoms with Gasteiger partial charge in [0.25, 0.3) is 5.91 Å². The molecule has 0 saturated heterocycles. The Morgan fingerprint density at radius 3 is 2.75 bits per heavy atom. The summed E-state index contributed by atoms with van der Waals surface area (Å²) >= 11 is 0. The predicted octanol–water partition coefficient (Wildman–Crippen LogP) is 1.50.